The molecule has 3 heterocycles. The Bertz CT molecular complexity index is 1390. The molecular weight excluding hydrogens is 538 g/mol. The number of ether oxygens (including phenoxy) is 3. The molecule has 1 aromatic heterocycles. The molecule has 5 aliphatic rings. The number of rotatable bonds is 4. The fourth-order valence-electron chi connectivity index (χ4n) is 9.51. The van der Waals surface area contributed by atoms with Crippen LogP contribution in [-0.4, -0.2) is 91.7 Å². The number of hydrogen-bond donors (Lipinski definition) is 6. The van der Waals surface area contributed by atoms with E-state index >= 15 is 0 Å². The lowest BCUT2D eigenvalue weighted by Crippen LogP contribution is -2.63. The first-order valence-electron chi connectivity index (χ1n) is 15.5. The van der Waals surface area contributed by atoms with Crippen molar-refractivity contribution >= 4 is 10.9 Å². The first-order chi connectivity index (χ1) is 19.9. The maximum atomic E-state index is 11.5. The van der Waals surface area contributed by atoms with Gasteiger partial charge in [0.1, 0.15) is 36.6 Å². The van der Waals surface area contributed by atoms with Crippen LogP contribution < -0.4 is 0 Å². The van der Waals surface area contributed by atoms with Crippen LogP contribution in [0, 0.1) is 17.3 Å². The fraction of sp³-hybridized carbons (Fsp3) is 0.697. The van der Waals surface area contributed by atoms with Crippen molar-refractivity contribution < 1.29 is 39.7 Å². The topological polar surface area (TPSA) is 145 Å². The highest BCUT2D eigenvalue weighted by atomic mass is 16.7. The minimum Gasteiger partial charge on any atom is -0.394 e. The number of aliphatic hydroxyl groups is 5. The lowest BCUT2D eigenvalue weighted by Gasteiger charge is -2.61. The molecule has 230 valence electrons. The maximum absolute atomic E-state index is 11.5. The molecule has 6 N–H and O–H groups in total. The van der Waals surface area contributed by atoms with Gasteiger partial charge >= 0.3 is 0 Å². The number of para-hydroxylation sites is 1. The number of aliphatic hydroxyl groups excluding tert-OH is 5. The zero-order valence-electron chi connectivity index (χ0n) is 24.9. The third-order valence-corrected chi connectivity index (χ3v) is 12.0. The van der Waals surface area contributed by atoms with E-state index in [9.17, 15) is 25.5 Å². The van der Waals surface area contributed by atoms with E-state index in [1.165, 1.54) is 27.7 Å². The Kier molecular flexibility index (Phi) is 6.78. The molecule has 0 unspecified atom stereocenters. The van der Waals surface area contributed by atoms with E-state index in [-0.39, 0.29) is 22.9 Å². The molecular formula is C33H45NO8. The van der Waals surface area contributed by atoms with Crippen LogP contribution >= 0.6 is 0 Å². The Morgan fingerprint density at radius 1 is 1.00 bits per heavy atom. The van der Waals surface area contributed by atoms with Crippen molar-refractivity contribution in [2.45, 2.75) is 120 Å². The van der Waals surface area contributed by atoms with Crippen molar-refractivity contribution in [3.05, 3.63) is 47.2 Å². The summed E-state index contributed by atoms with van der Waals surface area (Å²) < 4.78 is 18.4. The first-order valence-corrected chi connectivity index (χ1v) is 15.5. The first kappa shape index (κ1) is 28.9. The van der Waals surface area contributed by atoms with Crippen LogP contribution in [0.15, 0.2) is 35.9 Å². The molecule has 12 atom stereocenters. The summed E-state index contributed by atoms with van der Waals surface area (Å²) in [5.41, 5.74) is 4.13. The van der Waals surface area contributed by atoms with Gasteiger partial charge in [0.25, 0.3) is 0 Å². The Balaban J connectivity index is 1.16. The number of aromatic amines is 1. The lowest BCUT2D eigenvalue weighted by atomic mass is 9.44. The molecule has 0 spiro atoms. The molecule has 1 aromatic carbocycles. The highest BCUT2D eigenvalue weighted by Crippen LogP contribution is 2.68. The predicted octanol–water partition coefficient (Wildman–Crippen LogP) is 2.46. The van der Waals surface area contributed by atoms with E-state index < -0.39 is 55.1 Å². The highest BCUT2D eigenvalue weighted by Gasteiger charge is 2.64. The molecule has 0 bridgehead atoms. The standard InChI is InChI=1S/C33H45NO8/c1-31(2,42-30-27(39)26(38)25(37)24(15-35)41-30)29-22(36)14-19-20-10-9-16-13-18-17-7-5-6-8-21(17)34-28(18)33(16,4)32(20,3)12-11-23(19)40-29/h5-8,14,16,20,22-27,29-30,34-39H,9-13,15H2,1-4H3/t16-,20-,22+,23-,24+,25+,26-,27-,29-,30-,32-,33+/m0/s1. The Hall–Kier alpha value is -1.82. The largest absolute Gasteiger partial charge is 0.394 e. The van der Waals surface area contributed by atoms with E-state index in [2.05, 4.69) is 43.1 Å². The van der Waals surface area contributed by atoms with Gasteiger partial charge in [-0.15, -0.1) is 0 Å². The second-order valence-corrected chi connectivity index (χ2v) is 14.3. The average molecular weight is 584 g/mol. The maximum Gasteiger partial charge on any atom is 0.187 e. The quantitative estimate of drug-likeness (QED) is 0.301. The number of fused-ring (bicyclic) bond motifs is 9. The average Bonchev–Trinajstić information content (AvgIpc) is 3.47. The zero-order chi connectivity index (χ0) is 29.8. The molecule has 3 aliphatic carbocycles. The van der Waals surface area contributed by atoms with Crippen LogP contribution in [0.1, 0.15) is 64.6 Å². The second kappa shape index (κ2) is 9.84. The monoisotopic (exact) mass is 583 g/mol. The lowest BCUT2D eigenvalue weighted by molar-refractivity contribution is -0.338. The van der Waals surface area contributed by atoms with Gasteiger partial charge in [-0.2, -0.15) is 0 Å². The SMILES string of the molecule is CC(C)(O[C@@H]1O[C@H](CO)[C@@H](O)[C@H](O)[C@@H]1O)[C@H]1O[C@H]2CC[C@@]3(C)[C@@H](CC[C@H]4Cc5c([nH]c6ccccc56)[C@@]43C)C2=C[C@H]1O. The molecule has 3 fully saturated rings. The van der Waals surface area contributed by atoms with E-state index in [1.807, 2.05) is 6.08 Å². The van der Waals surface area contributed by atoms with Gasteiger partial charge in [-0.3, -0.25) is 0 Å². The van der Waals surface area contributed by atoms with Crippen LogP contribution in [0.2, 0.25) is 0 Å². The number of H-pyrrole nitrogens is 1. The van der Waals surface area contributed by atoms with Gasteiger partial charge in [0.15, 0.2) is 6.29 Å². The number of aromatic nitrogens is 1. The molecule has 9 nitrogen and oxygen atoms in total. The molecule has 7 rings (SSSR count). The van der Waals surface area contributed by atoms with Crippen molar-refractivity contribution in [2.75, 3.05) is 6.61 Å². The molecule has 1 saturated heterocycles. The number of hydrogen-bond acceptors (Lipinski definition) is 8. The minimum atomic E-state index is -1.54. The van der Waals surface area contributed by atoms with Crippen LogP contribution in [0.4, 0.5) is 0 Å². The summed E-state index contributed by atoms with van der Waals surface area (Å²) in [7, 11) is 0. The van der Waals surface area contributed by atoms with Gasteiger partial charge in [-0.1, -0.05) is 38.1 Å². The zero-order valence-corrected chi connectivity index (χ0v) is 24.9. The van der Waals surface area contributed by atoms with Gasteiger partial charge in [0.2, 0.25) is 0 Å². The van der Waals surface area contributed by atoms with Crippen molar-refractivity contribution in [1.29, 1.82) is 0 Å². The summed E-state index contributed by atoms with van der Waals surface area (Å²) >= 11 is 0. The van der Waals surface area contributed by atoms with E-state index in [0.29, 0.717) is 5.92 Å². The van der Waals surface area contributed by atoms with Gasteiger partial charge in [0.05, 0.1) is 18.3 Å². The normalized spacial score (nSPS) is 45.1. The van der Waals surface area contributed by atoms with E-state index in [1.54, 1.807) is 13.8 Å². The molecule has 0 amide bonds. The second-order valence-electron chi connectivity index (χ2n) is 14.3. The summed E-state index contributed by atoms with van der Waals surface area (Å²) in [5, 5.41) is 53.4. The van der Waals surface area contributed by atoms with Crippen molar-refractivity contribution in [2.24, 2.45) is 17.3 Å². The van der Waals surface area contributed by atoms with E-state index in [4.69, 9.17) is 14.2 Å². The minimum absolute atomic E-state index is 0.00262. The van der Waals surface area contributed by atoms with Gasteiger partial charge in [0, 0.05) is 22.0 Å². The molecule has 2 aromatic rings. The van der Waals surface area contributed by atoms with Crippen LogP contribution in [0.5, 0.6) is 0 Å². The summed E-state index contributed by atoms with van der Waals surface area (Å²) in [4.78, 5) is 3.84. The predicted molar refractivity (Wildman–Crippen MR) is 155 cm³/mol. The summed E-state index contributed by atoms with van der Waals surface area (Å²) in [6, 6.07) is 8.63. The molecule has 9 heteroatoms. The van der Waals surface area contributed by atoms with Crippen molar-refractivity contribution in [3.8, 4) is 0 Å². The fourth-order valence-corrected chi connectivity index (χ4v) is 9.51. The van der Waals surface area contributed by atoms with Crippen LogP contribution in [0.3, 0.4) is 0 Å². The summed E-state index contributed by atoms with van der Waals surface area (Å²) in [6.07, 6.45) is -1.66. The summed E-state index contributed by atoms with van der Waals surface area (Å²) in [6.45, 7) is 7.90. The molecule has 2 aliphatic heterocycles. The Labute approximate surface area is 246 Å². The van der Waals surface area contributed by atoms with Crippen LogP contribution in [0.25, 0.3) is 10.9 Å². The molecule has 42 heavy (non-hydrogen) atoms. The highest BCUT2D eigenvalue weighted by molar-refractivity contribution is 5.86. The molecule has 0 radical (unpaired) electrons. The summed E-state index contributed by atoms with van der Waals surface area (Å²) in [5.74, 6) is 0.856. The number of nitrogens with one attached hydrogen (secondary N) is 1. The Morgan fingerprint density at radius 2 is 1.76 bits per heavy atom. The van der Waals surface area contributed by atoms with Crippen molar-refractivity contribution in [3.63, 3.8) is 0 Å². The van der Waals surface area contributed by atoms with E-state index in [0.717, 1.165) is 32.1 Å². The van der Waals surface area contributed by atoms with Crippen molar-refractivity contribution in [1.82, 2.24) is 4.98 Å². The Morgan fingerprint density at radius 3 is 2.52 bits per heavy atom. The smallest absolute Gasteiger partial charge is 0.187 e. The third kappa shape index (κ3) is 3.91. The third-order valence-electron chi connectivity index (χ3n) is 12.0. The number of benzene rings is 1. The van der Waals surface area contributed by atoms with Gasteiger partial charge < -0.3 is 44.7 Å². The van der Waals surface area contributed by atoms with Gasteiger partial charge in [-0.25, -0.2) is 0 Å². The van der Waals surface area contributed by atoms with Crippen LogP contribution in [-0.2, 0) is 26.0 Å². The van der Waals surface area contributed by atoms with Gasteiger partial charge in [-0.05, 0) is 80.4 Å². The molecule has 2 saturated carbocycles.